The second-order valence-electron chi connectivity index (χ2n) is 8.54. The molecule has 4 N–H and O–H groups in total. The molecule has 4 nitrogen and oxygen atoms in total. The lowest BCUT2D eigenvalue weighted by Crippen LogP contribution is -2.30. The molecular formula is C21H25F2N3O. The fourth-order valence-corrected chi connectivity index (χ4v) is 3.83. The van der Waals surface area contributed by atoms with Crippen LogP contribution in [-0.4, -0.2) is 18.1 Å². The zero-order valence-electron chi connectivity index (χ0n) is 15.6. The summed E-state index contributed by atoms with van der Waals surface area (Å²) in [6.45, 7) is 6.24. The van der Waals surface area contributed by atoms with Gasteiger partial charge in [0.2, 0.25) is 5.56 Å². The number of halogens is 2. The molecule has 1 aliphatic heterocycles. The number of aromatic nitrogens is 1. The Morgan fingerprint density at radius 2 is 1.85 bits per heavy atom. The third kappa shape index (κ3) is 3.69. The number of benzene rings is 1. The SMILES string of the molecule is C1NCC2CC12.CC(C)(N)c1cc(-c2ccc3c(c2)CC3(F)F)[nH]c(=O)c1. The predicted molar refractivity (Wildman–Crippen MR) is 102 cm³/mol. The maximum Gasteiger partial charge on any atom is 0.277 e. The van der Waals surface area contributed by atoms with Crippen LogP contribution >= 0.6 is 0 Å². The van der Waals surface area contributed by atoms with Gasteiger partial charge in [0.25, 0.3) is 5.92 Å². The molecule has 0 amide bonds. The molecule has 27 heavy (non-hydrogen) atoms. The van der Waals surface area contributed by atoms with Crippen LogP contribution in [0.1, 0.15) is 37.0 Å². The van der Waals surface area contributed by atoms with Gasteiger partial charge in [0.15, 0.2) is 0 Å². The zero-order chi connectivity index (χ0) is 19.4. The molecule has 5 rings (SSSR count). The van der Waals surface area contributed by atoms with Gasteiger partial charge < -0.3 is 16.0 Å². The molecule has 0 bridgehead atoms. The maximum atomic E-state index is 13.3. The normalized spacial score (nSPS) is 24.2. The van der Waals surface area contributed by atoms with E-state index in [1.54, 1.807) is 18.2 Å². The van der Waals surface area contributed by atoms with Gasteiger partial charge in [0, 0.05) is 29.3 Å². The van der Waals surface area contributed by atoms with Gasteiger partial charge in [-0.2, -0.15) is 0 Å². The molecule has 144 valence electrons. The van der Waals surface area contributed by atoms with Crippen LogP contribution in [0.25, 0.3) is 11.3 Å². The van der Waals surface area contributed by atoms with Gasteiger partial charge in [-0.15, -0.1) is 0 Å². The molecule has 1 aromatic heterocycles. The minimum Gasteiger partial charge on any atom is -0.322 e. The van der Waals surface area contributed by atoms with Crippen LogP contribution in [0.5, 0.6) is 0 Å². The van der Waals surface area contributed by atoms with Gasteiger partial charge in [0.05, 0.1) is 0 Å². The number of rotatable bonds is 2. The van der Waals surface area contributed by atoms with Crippen LogP contribution in [0, 0.1) is 11.8 Å². The Balaban J connectivity index is 0.000000250. The topological polar surface area (TPSA) is 70.9 Å². The van der Waals surface area contributed by atoms with Crippen molar-refractivity contribution in [2.75, 3.05) is 13.1 Å². The van der Waals surface area contributed by atoms with Gasteiger partial charge >= 0.3 is 0 Å². The number of alkyl halides is 2. The van der Waals surface area contributed by atoms with Gasteiger partial charge in [0.1, 0.15) is 0 Å². The van der Waals surface area contributed by atoms with Crippen molar-refractivity contribution in [2.24, 2.45) is 17.6 Å². The molecule has 3 aliphatic rings. The molecule has 6 heteroatoms. The van der Waals surface area contributed by atoms with Crippen LogP contribution < -0.4 is 16.6 Å². The minimum absolute atomic E-state index is 0.0731. The first-order valence-electron chi connectivity index (χ1n) is 9.39. The molecule has 2 heterocycles. The van der Waals surface area contributed by atoms with Crippen molar-refractivity contribution in [3.05, 3.63) is 57.4 Å². The first-order valence-corrected chi connectivity index (χ1v) is 9.39. The van der Waals surface area contributed by atoms with E-state index in [0.29, 0.717) is 22.4 Å². The maximum absolute atomic E-state index is 13.3. The second kappa shape index (κ2) is 6.24. The Bertz CT molecular complexity index is 922. The van der Waals surface area contributed by atoms with Crippen molar-refractivity contribution >= 4 is 0 Å². The van der Waals surface area contributed by atoms with Crippen LogP contribution in [0.4, 0.5) is 8.78 Å². The average Bonchev–Trinajstić information content (AvgIpc) is 3.18. The second-order valence-corrected chi connectivity index (χ2v) is 8.54. The quantitative estimate of drug-likeness (QED) is 0.758. The zero-order valence-corrected chi connectivity index (χ0v) is 15.6. The molecular weight excluding hydrogens is 348 g/mol. The number of hydrogen-bond donors (Lipinski definition) is 3. The van der Waals surface area contributed by atoms with E-state index in [9.17, 15) is 13.6 Å². The monoisotopic (exact) mass is 373 g/mol. The summed E-state index contributed by atoms with van der Waals surface area (Å²) in [6, 6.07) is 7.97. The number of fused-ring (bicyclic) bond motifs is 2. The number of nitrogens with one attached hydrogen (secondary N) is 2. The first kappa shape index (κ1) is 18.3. The van der Waals surface area contributed by atoms with Gasteiger partial charge in [-0.1, -0.05) is 12.1 Å². The summed E-state index contributed by atoms with van der Waals surface area (Å²) in [5.41, 5.74) is 7.83. The minimum atomic E-state index is -2.72. The highest BCUT2D eigenvalue weighted by atomic mass is 19.3. The van der Waals surface area contributed by atoms with Gasteiger partial charge in [-0.3, -0.25) is 4.79 Å². The summed E-state index contributed by atoms with van der Waals surface area (Å²) >= 11 is 0. The molecule has 2 atom stereocenters. The van der Waals surface area contributed by atoms with Crippen molar-refractivity contribution in [3.8, 4) is 11.3 Å². The molecule has 0 spiro atoms. The molecule has 1 saturated heterocycles. The summed E-state index contributed by atoms with van der Waals surface area (Å²) in [7, 11) is 0. The lowest BCUT2D eigenvalue weighted by molar-refractivity contribution is -0.0287. The fraction of sp³-hybridized carbons (Fsp3) is 0.476. The van der Waals surface area contributed by atoms with E-state index in [1.807, 2.05) is 13.8 Å². The van der Waals surface area contributed by atoms with E-state index in [4.69, 9.17) is 5.73 Å². The summed E-state index contributed by atoms with van der Waals surface area (Å²) in [6.07, 6.45) is 1.27. The Morgan fingerprint density at radius 3 is 2.33 bits per heavy atom. The summed E-state index contributed by atoms with van der Waals surface area (Å²) in [4.78, 5) is 14.5. The number of aromatic amines is 1. The number of nitrogens with two attached hydrogens (primary N) is 1. The number of H-pyrrole nitrogens is 1. The lowest BCUT2D eigenvalue weighted by atomic mass is 9.83. The third-order valence-corrected chi connectivity index (χ3v) is 5.69. The highest BCUT2D eigenvalue weighted by Gasteiger charge is 2.43. The molecule has 2 aromatic rings. The van der Waals surface area contributed by atoms with E-state index in [0.717, 1.165) is 11.8 Å². The smallest absolute Gasteiger partial charge is 0.277 e. The molecule has 2 aliphatic carbocycles. The van der Waals surface area contributed by atoms with E-state index >= 15 is 0 Å². The largest absolute Gasteiger partial charge is 0.322 e. The number of piperidine rings is 1. The van der Waals surface area contributed by atoms with Crippen LogP contribution in [0.15, 0.2) is 35.1 Å². The summed E-state index contributed by atoms with van der Waals surface area (Å²) < 4.78 is 26.6. The lowest BCUT2D eigenvalue weighted by Gasteiger charge is -2.30. The molecule has 1 aromatic carbocycles. The Labute approximate surface area is 157 Å². The van der Waals surface area contributed by atoms with Crippen molar-refractivity contribution in [3.63, 3.8) is 0 Å². The summed E-state index contributed by atoms with van der Waals surface area (Å²) in [5.74, 6) is -0.516. The highest BCUT2D eigenvalue weighted by molar-refractivity contribution is 5.64. The molecule has 1 saturated carbocycles. The van der Waals surface area contributed by atoms with E-state index in [2.05, 4.69) is 10.3 Å². The van der Waals surface area contributed by atoms with Crippen LogP contribution in [0.2, 0.25) is 0 Å². The van der Waals surface area contributed by atoms with Gasteiger partial charge in [-0.05, 0) is 74.0 Å². The molecule has 2 unspecified atom stereocenters. The van der Waals surface area contributed by atoms with Gasteiger partial charge in [-0.25, -0.2) is 8.78 Å². The molecule has 0 radical (unpaired) electrons. The average molecular weight is 373 g/mol. The third-order valence-electron chi connectivity index (χ3n) is 5.69. The Hall–Kier alpha value is -2.05. The number of pyridine rings is 1. The van der Waals surface area contributed by atoms with E-state index in [-0.39, 0.29) is 17.5 Å². The van der Waals surface area contributed by atoms with Crippen LogP contribution in [-0.2, 0) is 17.9 Å². The standard InChI is InChI=1S/C16H16F2N2O.C5H9N/c1-15(2,19)11-6-13(20-14(21)7-11)9-3-4-12-10(5-9)8-16(12,17)18;1-4-2-6-3-5(1)4/h3-7H,8,19H2,1-2H3,(H,20,21);4-6H,1-3H2. The van der Waals surface area contributed by atoms with Crippen molar-refractivity contribution < 1.29 is 8.78 Å². The van der Waals surface area contributed by atoms with E-state index in [1.165, 1.54) is 31.6 Å². The summed E-state index contributed by atoms with van der Waals surface area (Å²) in [5, 5.41) is 3.32. The fourth-order valence-electron chi connectivity index (χ4n) is 3.83. The Morgan fingerprint density at radius 1 is 1.15 bits per heavy atom. The van der Waals surface area contributed by atoms with Crippen molar-refractivity contribution in [1.82, 2.24) is 10.3 Å². The highest BCUT2D eigenvalue weighted by Crippen LogP contribution is 2.45. The van der Waals surface area contributed by atoms with Crippen molar-refractivity contribution in [2.45, 2.75) is 38.2 Å². The Kier molecular flexibility index (Phi) is 4.24. The van der Waals surface area contributed by atoms with Crippen molar-refractivity contribution in [1.29, 1.82) is 0 Å². The number of hydrogen-bond acceptors (Lipinski definition) is 3. The molecule has 2 fully saturated rings. The van der Waals surface area contributed by atoms with E-state index < -0.39 is 11.5 Å². The van der Waals surface area contributed by atoms with Crippen LogP contribution in [0.3, 0.4) is 0 Å². The first-order chi connectivity index (χ1) is 12.6. The predicted octanol–water partition coefficient (Wildman–Crippen LogP) is 3.11.